The van der Waals surface area contributed by atoms with Crippen molar-refractivity contribution in [2.75, 3.05) is 5.32 Å². The second-order valence-electron chi connectivity index (χ2n) is 6.01. The quantitative estimate of drug-likeness (QED) is 0.462. The predicted octanol–water partition coefficient (Wildman–Crippen LogP) is 6.01. The summed E-state index contributed by atoms with van der Waals surface area (Å²) in [4.78, 5) is 17.9. The smallest absolute Gasteiger partial charge is 0.257 e. The van der Waals surface area contributed by atoms with E-state index in [1.165, 1.54) is 17.4 Å². The molecule has 0 atom stereocenters. The third-order valence-electron chi connectivity index (χ3n) is 4.11. The molecule has 0 aliphatic heterocycles. The highest BCUT2D eigenvalue weighted by molar-refractivity contribution is 7.19. The van der Waals surface area contributed by atoms with Gasteiger partial charge in [-0.05, 0) is 23.8 Å². The Bertz CT molecular complexity index is 1070. The summed E-state index contributed by atoms with van der Waals surface area (Å²) in [6.45, 7) is 0. The monoisotopic (exact) mass is 392 g/mol. The van der Waals surface area contributed by atoms with Gasteiger partial charge in [0.05, 0.1) is 10.6 Å². The van der Waals surface area contributed by atoms with Crippen LogP contribution in [0.4, 0.5) is 13.9 Å². The van der Waals surface area contributed by atoms with Crippen molar-refractivity contribution in [2.24, 2.45) is 0 Å². The highest BCUT2D eigenvalue weighted by atomic mass is 32.1. The van der Waals surface area contributed by atoms with E-state index in [2.05, 4.69) is 10.3 Å². The largest absolute Gasteiger partial charge is 0.298 e. The van der Waals surface area contributed by atoms with Crippen molar-refractivity contribution in [3.63, 3.8) is 0 Å². The van der Waals surface area contributed by atoms with Gasteiger partial charge in [0.25, 0.3) is 5.91 Å². The minimum absolute atomic E-state index is 0.0247. The maximum absolute atomic E-state index is 13.4. The van der Waals surface area contributed by atoms with Crippen LogP contribution in [0.15, 0.2) is 78.9 Å². The van der Waals surface area contributed by atoms with Crippen molar-refractivity contribution in [1.82, 2.24) is 4.98 Å². The van der Waals surface area contributed by atoms with Crippen LogP contribution in [0.25, 0.3) is 21.7 Å². The molecule has 1 amide bonds. The highest BCUT2D eigenvalue weighted by Gasteiger charge is 2.17. The molecule has 0 spiro atoms. The molecule has 4 rings (SSSR count). The first-order valence-electron chi connectivity index (χ1n) is 8.50. The van der Waals surface area contributed by atoms with Gasteiger partial charge in [0.2, 0.25) is 0 Å². The Balaban J connectivity index is 1.71. The molecule has 0 unspecified atom stereocenters. The van der Waals surface area contributed by atoms with E-state index in [4.69, 9.17) is 0 Å². The molecule has 0 fully saturated rings. The lowest BCUT2D eigenvalue weighted by Crippen LogP contribution is -2.12. The summed E-state index contributed by atoms with van der Waals surface area (Å²) in [7, 11) is 0. The zero-order valence-corrected chi connectivity index (χ0v) is 15.3. The predicted molar refractivity (Wildman–Crippen MR) is 107 cm³/mol. The van der Waals surface area contributed by atoms with Crippen LogP contribution in [0.5, 0.6) is 0 Å². The van der Waals surface area contributed by atoms with E-state index in [-0.39, 0.29) is 5.56 Å². The van der Waals surface area contributed by atoms with E-state index in [9.17, 15) is 13.6 Å². The van der Waals surface area contributed by atoms with E-state index >= 15 is 0 Å². The number of rotatable bonds is 4. The number of benzene rings is 3. The topological polar surface area (TPSA) is 42.0 Å². The van der Waals surface area contributed by atoms with Gasteiger partial charge in [-0.3, -0.25) is 10.1 Å². The molecule has 6 heteroatoms. The summed E-state index contributed by atoms with van der Waals surface area (Å²) in [6, 6.07) is 22.4. The number of anilines is 1. The van der Waals surface area contributed by atoms with Gasteiger partial charge in [0, 0.05) is 11.1 Å². The number of nitrogens with zero attached hydrogens (tertiary/aromatic N) is 1. The lowest BCUT2D eigenvalue weighted by atomic mass is 10.1. The number of hydrogen-bond acceptors (Lipinski definition) is 3. The van der Waals surface area contributed by atoms with Crippen molar-refractivity contribution in [3.05, 3.63) is 96.1 Å². The summed E-state index contributed by atoms with van der Waals surface area (Å²) >= 11 is 1.33. The fourth-order valence-electron chi connectivity index (χ4n) is 2.76. The lowest BCUT2D eigenvalue weighted by Gasteiger charge is -2.02. The van der Waals surface area contributed by atoms with Crippen LogP contribution in [0, 0.1) is 11.6 Å². The number of aromatic nitrogens is 1. The average Bonchev–Trinajstić information content (AvgIpc) is 3.15. The number of hydrogen-bond donors (Lipinski definition) is 1. The number of amides is 1. The molecule has 138 valence electrons. The fraction of sp³-hybridized carbons (Fsp3) is 0. The Labute approximate surface area is 164 Å². The van der Waals surface area contributed by atoms with Gasteiger partial charge in [-0.25, -0.2) is 13.8 Å². The maximum Gasteiger partial charge on any atom is 0.257 e. The number of carbonyl (C=O) groups is 1. The van der Waals surface area contributed by atoms with Crippen molar-refractivity contribution >= 4 is 22.4 Å². The standard InChI is InChI=1S/C22H14F2N2OS/c23-17-12-11-16(13-18(17)24)21(27)26-22-25-19(14-7-3-1-4-8-14)20(28-22)15-9-5-2-6-10-15/h1-13H,(H,25,26,27). The molecule has 4 aromatic rings. The Morgan fingerprint density at radius 3 is 2.11 bits per heavy atom. The molecule has 0 saturated heterocycles. The Hall–Kier alpha value is -3.38. The third-order valence-corrected chi connectivity index (χ3v) is 5.13. The van der Waals surface area contributed by atoms with Gasteiger partial charge in [-0.1, -0.05) is 72.0 Å². The van der Waals surface area contributed by atoms with Crippen LogP contribution in [0.1, 0.15) is 10.4 Å². The van der Waals surface area contributed by atoms with Crippen molar-refractivity contribution in [3.8, 4) is 21.7 Å². The summed E-state index contributed by atoms with van der Waals surface area (Å²) in [5.74, 6) is -2.61. The van der Waals surface area contributed by atoms with Crippen LogP contribution in [0.3, 0.4) is 0 Å². The summed E-state index contributed by atoms with van der Waals surface area (Å²) in [5.41, 5.74) is 2.67. The zero-order valence-electron chi connectivity index (χ0n) is 14.5. The van der Waals surface area contributed by atoms with Crippen molar-refractivity contribution in [1.29, 1.82) is 0 Å². The molecule has 1 aromatic heterocycles. The fourth-order valence-corrected chi connectivity index (χ4v) is 3.75. The Morgan fingerprint density at radius 2 is 1.46 bits per heavy atom. The molecule has 3 aromatic carbocycles. The molecule has 0 aliphatic carbocycles. The molecule has 1 heterocycles. The first kappa shape index (κ1) is 18.0. The lowest BCUT2D eigenvalue weighted by molar-refractivity contribution is 0.102. The summed E-state index contributed by atoms with van der Waals surface area (Å²) < 4.78 is 26.5. The number of halogens is 2. The Morgan fingerprint density at radius 1 is 0.821 bits per heavy atom. The highest BCUT2D eigenvalue weighted by Crippen LogP contribution is 2.39. The van der Waals surface area contributed by atoms with E-state index in [1.807, 2.05) is 60.7 Å². The SMILES string of the molecule is O=C(Nc1nc(-c2ccccc2)c(-c2ccccc2)s1)c1ccc(F)c(F)c1. The van der Waals surface area contributed by atoms with Crippen LogP contribution >= 0.6 is 11.3 Å². The second kappa shape index (κ2) is 7.70. The van der Waals surface area contributed by atoms with Crippen LogP contribution in [-0.2, 0) is 0 Å². The summed E-state index contributed by atoms with van der Waals surface area (Å²) in [6.07, 6.45) is 0. The van der Waals surface area contributed by atoms with Gasteiger partial charge in [0.1, 0.15) is 0 Å². The minimum Gasteiger partial charge on any atom is -0.298 e. The van der Waals surface area contributed by atoms with E-state index in [0.717, 1.165) is 33.8 Å². The molecule has 0 radical (unpaired) electrons. The van der Waals surface area contributed by atoms with Gasteiger partial charge in [0.15, 0.2) is 16.8 Å². The number of thiazole rings is 1. The van der Waals surface area contributed by atoms with Gasteiger partial charge in [-0.2, -0.15) is 0 Å². The molecule has 0 bridgehead atoms. The first-order chi connectivity index (χ1) is 13.6. The minimum atomic E-state index is -1.07. The summed E-state index contributed by atoms with van der Waals surface area (Å²) in [5, 5.41) is 3.07. The van der Waals surface area contributed by atoms with Gasteiger partial charge < -0.3 is 0 Å². The number of nitrogens with one attached hydrogen (secondary N) is 1. The van der Waals surface area contributed by atoms with Crippen LogP contribution in [0.2, 0.25) is 0 Å². The Kier molecular flexibility index (Phi) is 4.95. The normalized spacial score (nSPS) is 10.6. The number of carbonyl (C=O) groups excluding carboxylic acids is 1. The molecule has 1 N–H and O–H groups in total. The van der Waals surface area contributed by atoms with E-state index < -0.39 is 17.5 Å². The zero-order chi connectivity index (χ0) is 19.5. The van der Waals surface area contributed by atoms with Crippen LogP contribution < -0.4 is 5.32 Å². The van der Waals surface area contributed by atoms with Crippen molar-refractivity contribution in [2.45, 2.75) is 0 Å². The molecular weight excluding hydrogens is 378 g/mol. The van der Waals surface area contributed by atoms with Gasteiger partial charge in [-0.15, -0.1) is 0 Å². The molecule has 3 nitrogen and oxygen atoms in total. The maximum atomic E-state index is 13.4. The van der Waals surface area contributed by atoms with Crippen LogP contribution in [-0.4, -0.2) is 10.9 Å². The molecule has 0 saturated carbocycles. The molecule has 0 aliphatic rings. The first-order valence-corrected chi connectivity index (χ1v) is 9.31. The third kappa shape index (κ3) is 3.68. The average molecular weight is 392 g/mol. The van der Waals surface area contributed by atoms with Gasteiger partial charge >= 0.3 is 0 Å². The molecule has 28 heavy (non-hydrogen) atoms. The van der Waals surface area contributed by atoms with E-state index in [1.54, 1.807) is 0 Å². The van der Waals surface area contributed by atoms with E-state index in [0.29, 0.717) is 5.13 Å². The molecular formula is C22H14F2N2OS. The van der Waals surface area contributed by atoms with Crippen molar-refractivity contribution < 1.29 is 13.6 Å². The second-order valence-corrected chi connectivity index (χ2v) is 7.01.